The lowest BCUT2D eigenvalue weighted by Gasteiger charge is -2.19. The molecule has 1 atom stereocenters. The fourth-order valence-corrected chi connectivity index (χ4v) is 1.63. The normalized spacial score (nSPS) is 24.3. The zero-order valence-corrected chi connectivity index (χ0v) is 7.61. The van der Waals surface area contributed by atoms with Crippen molar-refractivity contribution in [2.45, 2.75) is 12.7 Å². The molecular weight excluding hydrogens is 162 g/mol. The lowest BCUT2D eigenvalue weighted by molar-refractivity contribution is -0.120. The zero-order valence-electron chi connectivity index (χ0n) is 6.79. The monoisotopic (exact) mass is 175 g/mol. The van der Waals surface area contributed by atoms with Crippen LogP contribution in [-0.2, 0) is 9.47 Å². The number of hydrogen-bond acceptors (Lipinski definition) is 3. The van der Waals surface area contributed by atoms with Gasteiger partial charge in [-0.3, -0.25) is 0 Å². The van der Waals surface area contributed by atoms with E-state index in [1.165, 1.54) is 0 Å². The lowest BCUT2D eigenvalue weighted by Crippen LogP contribution is -2.30. The summed E-state index contributed by atoms with van der Waals surface area (Å²) in [5.41, 5.74) is 0. The molecule has 3 nitrogen and oxygen atoms in total. The molecule has 11 heavy (non-hydrogen) atoms. The predicted molar refractivity (Wildman–Crippen MR) is 46.5 cm³/mol. The van der Waals surface area contributed by atoms with Crippen LogP contribution in [0.1, 0.15) is 6.42 Å². The zero-order chi connectivity index (χ0) is 8.27. The second-order valence-electron chi connectivity index (χ2n) is 2.53. The second kappa shape index (κ2) is 3.99. The quantitative estimate of drug-likeness (QED) is 0.501. The van der Waals surface area contributed by atoms with E-state index in [-0.39, 0.29) is 12.2 Å². The van der Waals surface area contributed by atoms with E-state index in [1.807, 2.05) is 0 Å². The summed E-state index contributed by atoms with van der Waals surface area (Å²) in [4.78, 5) is 0.860. The van der Waals surface area contributed by atoms with Crippen molar-refractivity contribution < 1.29 is 9.47 Å². The molecule has 1 saturated heterocycles. The average molecular weight is 175 g/mol. The summed E-state index contributed by atoms with van der Waals surface area (Å²) in [5, 5.41) is 3.09. The van der Waals surface area contributed by atoms with Gasteiger partial charge in [0.2, 0.25) is 0 Å². The summed E-state index contributed by atoms with van der Waals surface area (Å²) in [5.74, 6) is 0.236. The van der Waals surface area contributed by atoms with Crippen LogP contribution in [-0.4, -0.2) is 32.0 Å². The molecule has 0 saturated carbocycles. The molecule has 0 aromatic carbocycles. The van der Waals surface area contributed by atoms with Crippen LogP contribution >= 0.6 is 12.2 Å². The molecule has 0 spiro atoms. The summed E-state index contributed by atoms with van der Waals surface area (Å²) >= 11 is 5.08. The molecule has 0 aliphatic carbocycles. The third-order valence-corrected chi connectivity index (χ3v) is 2.33. The molecule has 64 valence electrons. The summed E-state index contributed by atoms with van der Waals surface area (Å²) in [7, 11) is 3.27. The molecule has 0 bridgehead atoms. The Labute approximate surface area is 72.1 Å². The van der Waals surface area contributed by atoms with Crippen LogP contribution < -0.4 is 5.32 Å². The summed E-state index contributed by atoms with van der Waals surface area (Å²) in [6.45, 7) is 0.937. The van der Waals surface area contributed by atoms with Crippen molar-refractivity contribution >= 4 is 17.2 Å². The number of nitrogens with one attached hydrogen (secondary N) is 1. The van der Waals surface area contributed by atoms with Gasteiger partial charge in [-0.2, -0.15) is 0 Å². The maximum absolute atomic E-state index is 5.10. The Kier molecular flexibility index (Phi) is 3.23. The Balaban J connectivity index is 2.49. The molecule has 1 N–H and O–H groups in total. The van der Waals surface area contributed by atoms with E-state index in [2.05, 4.69) is 5.32 Å². The van der Waals surface area contributed by atoms with Crippen LogP contribution in [0.15, 0.2) is 0 Å². The Morgan fingerprint density at radius 2 is 2.18 bits per heavy atom. The molecule has 1 fully saturated rings. The van der Waals surface area contributed by atoms with E-state index in [4.69, 9.17) is 21.7 Å². The van der Waals surface area contributed by atoms with E-state index in [1.54, 1.807) is 14.2 Å². The smallest absolute Gasteiger partial charge is 0.165 e. The van der Waals surface area contributed by atoms with Crippen LogP contribution in [0.3, 0.4) is 0 Å². The third-order valence-electron chi connectivity index (χ3n) is 1.88. The van der Waals surface area contributed by atoms with Crippen molar-refractivity contribution in [2.75, 3.05) is 20.8 Å². The minimum atomic E-state index is -0.183. The predicted octanol–water partition coefficient (Wildman–Crippen LogP) is 0.542. The molecule has 4 heteroatoms. The van der Waals surface area contributed by atoms with Gasteiger partial charge in [0.1, 0.15) is 0 Å². The van der Waals surface area contributed by atoms with Crippen molar-refractivity contribution in [2.24, 2.45) is 5.92 Å². The van der Waals surface area contributed by atoms with E-state index in [0.29, 0.717) is 0 Å². The van der Waals surface area contributed by atoms with Crippen LogP contribution in [0.2, 0.25) is 0 Å². The van der Waals surface area contributed by atoms with Crippen molar-refractivity contribution in [3.05, 3.63) is 0 Å². The van der Waals surface area contributed by atoms with Crippen molar-refractivity contribution in [3.63, 3.8) is 0 Å². The molecule has 1 aliphatic heterocycles. The minimum Gasteiger partial charge on any atom is -0.379 e. The van der Waals surface area contributed by atoms with Gasteiger partial charge in [-0.05, 0) is 6.42 Å². The first-order valence-electron chi connectivity index (χ1n) is 3.63. The lowest BCUT2D eigenvalue weighted by atomic mass is 10.1. The molecule has 1 rings (SSSR count). The molecule has 1 unspecified atom stereocenters. The Bertz CT molecular complexity index is 147. The summed E-state index contributed by atoms with van der Waals surface area (Å²) < 4.78 is 10.2. The van der Waals surface area contributed by atoms with Gasteiger partial charge >= 0.3 is 0 Å². The first kappa shape index (κ1) is 8.90. The number of rotatable bonds is 3. The highest BCUT2D eigenvalue weighted by atomic mass is 32.1. The highest BCUT2D eigenvalue weighted by Gasteiger charge is 2.28. The van der Waals surface area contributed by atoms with Crippen LogP contribution in [0.25, 0.3) is 0 Å². The van der Waals surface area contributed by atoms with E-state index in [9.17, 15) is 0 Å². The van der Waals surface area contributed by atoms with Crippen LogP contribution in [0, 0.1) is 5.92 Å². The fourth-order valence-electron chi connectivity index (χ4n) is 1.30. The van der Waals surface area contributed by atoms with E-state index < -0.39 is 0 Å². The van der Waals surface area contributed by atoms with E-state index >= 15 is 0 Å². The largest absolute Gasteiger partial charge is 0.379 e. The number of methoxy groups -OCH3 is 2. The number of hydrogen-bond donors (Lipinski definition) is 1. The van der Waals surface area contributed by atoms with Gasteiger partial charge in [0.15, 0.2) is 6.29 Å². The SMILES string of the molecule is COC(OC)C1CCNC1=S. The highest BCUT2D eigenvalue weighted by molar-refractivity contribution is 7.80. The van der Waals surface area contributed by atoms with Crippen molar-refractivity contribution in [1.29, 1.82) is 0 Å². The fraction of sp³-hybridized carbons (Fsp3) is 0.857. The first-order valence-corrected chi connectivity index (χ1v) is 4.03. The average Bonchev–Trinajstić information content (AvgIpc) is 2.40. The molecule has 0 aromatic rings. The summed E-state index contributed by atoms with van der Waals surface area (Å²) in [6, 6.07) is 0. The van der Waals surface area contributed by atoms with Gasteiger partial charge in [0.25, 0.3) is 0 Å². The molecule has 1 aliphatic rings. The molecule has 0 aromatic heterocycles. The maximum Gasteiger partial charge on any atom is 0.165 e. The van der Waals surface area contributed by atoms with Gasteiger partial charge in [-0.25, -0.2) is 0 Å². The van der Waals surface area contributed by atoms with Crippen molar-refractivity contribution in [1.82, 2.24) is 5.32 Å². The molecule has 1 heterocycles. The maximum atomic E-state index is 5.10. The highest BCUT2D eigenvalue weighted by Crippen LogP contribution is 2.17. The minimum absolute atomic E-state index is 0.183. The standard InChI is InChI=1S/C7H13NO2S/c1-9-7(10-2)5-3-4-8-6(5)11/h5,7H,3-4H2,1-2H3,(H,8,11). The Morgan fingerprint density at radius 1 is 1.55 bits per heavy atom. The Morgan fingerprint density at radius 3 is 2.55 bits per heavy atom. The molecular formula is C7H13NO2S. The van der Waals surface area contributed by atoms with Gasteiger partial charge in [0, 0.05) is 20.8 Å². The topological polar surface area (TPSA) is 30.5 Å². The van der Waals surface area contributed by atoms with Crippen LogP contribution in [0.4, 0.5) is 0 Å². The first-order chi connectivity index (χ1) is 5.29. The van der Waals surface area contributed by atoms with Crippen LogP contribution in [0.5, 0.6) is 0 Å². The van der Waals surface area contributed by atoms with Gasteiger partial charge in [0.05, 0.1) is 10.9 Å². The second-order valence-corrected chi connectivity index (χ2v) is 2.97. The van der Waals surface area contributed by atoms with E-state index in [0.717, 1.165) is 18.0 Å². The van der Waals surface area contributed by atoms with Gasteiger partial charge in [-0.15, -0.1) is 0 Å². The van der Waals surface area contributed by atoms with Gasteiger partial charge < -0.3 is 14.8 Å². The molecule has 0 amide bonds. The van der Waals surface area contributed by atoms with Gasteiger partial charge in [-0.1, -0.05) is 12.2 Å². The third kappa shape index (κ3) is 1.89. The number of ether oxygens (including phenoxy) is 2. The molecule has 0 radical (unpaired) electrons. The summed E-state index contributed by atoms with van der Waals surface area (Å²) in [6.07, 6.45) is 0.822. The Hall–Kier alpha value is -0.190. The van der Waals surface area contributed by atoms with Crippen molar-refractivity contribution in [3.8, 4) is 0 Å². The number of thiocarbonyl (C=S) groups is 1.